The summed E-state index contributed by atoms with van der Waals surface area (Å²) < 4.78 is 10.3. The summed E-state index contributed by atoms with van der Waals surface area (Å²) in [5.74, 6) is -0.490. The zero-order chi connectivity index (χ0) is 17.7. The third-order valence-electron chi connectivity index (χ3n) is 3.63. The highest BCUT2D eigenvalue weighted by Crippen LogP contribution is 2.22. The number of hydrogen-bond donors (Lipinski definition) is 1. The van der Waals surface area contributed by atoms with Crippen LogP contribution in [0.15, 0.2) is 34.9 Å². The fourth-order valence-corrected chi connectivity index (χ4v) is 2.34. The minimum absolute atomic E-state index is 0.000629. The van der Waals surface area contributed by atoms with Crippen LogP contribution < -0.4 is 5.32 Å². The topological polar surface area (TPSA) is 81.4 Å². The Morgan fingerprint density at radius 1 is 1.21 bits per heavy atom. The van der Waals surface area contributed by atoms with Gasteiger partial charge in [0.25, 0.3) is 5.91 Å². The van der Waals surface area contributed by atoms with Crippen molar-refractivity contribution in [2.75, 3.05) is 6.61 Å². The first-order valence-corrected chi connectivity index (χ1v) is 7.87. The van der Waals surface area contributed by atoms with Crippen LogP contribution in [0, 0.1) is 6.92 Å². The molecule has 0 aliphatic rings. The number of aryl methyl sites for hydroxylation is 1. The summed E-state index contributed by atoms with van der Waals surface area (Å²) in [6.07, 6.45) is 0. The molecule has 1 atom stereocenters. The van der Waals surface area contributed by atoms with Crippen molar-refractivity contribution in [1.82, 2.24) is 10.5 Å². The summed E-state index contributed by atoms with van der Waals surface area (Å²) in [7, 11) is 0. The van der Waals surface area contributed by atoms with Crippen molar-refractivity contribution in [3.8, 4) is 0 Å². The monoisotopic (exact) mass is 330 g/mol. The van der Waals surface area contributed by atoms with Crippen LogP contribution in [-0.4, -0.2) is 23.6 Å². The molecule has 0 bridgehead atoms. The number of ether oxygens (including phenoxy) is 1. The number of carbonyl (C=O) groups excluding carboxylic acids is 2. The quantitative estimate of drug-likeness (QED) is 0.823. The highest BCUT2D eigenvalue weighted by molar-refractivity contribution is 5.93. The number of nitrogens with zero attached hydrogens (tertiary/aromatic N) is 1. The SMILES string of the molecule is Cc1noc(C(C)C)c1C(=O)OCC(=O)N[C@@H](C)c1ccccc1. The highest BCUT2D eigenvalue weighted by atomic mass is 16.5. The van der Waals surface area contributed by atoms with Gasteiger partial charge in [-0.3, -0.25) is 4.79 Å². The summed E-state index contributed by atoms with van der Waals surface area (Å²) in [5, 5.41) is 6.59. The van der Waals surface area contributed by atoms with E-state index in [-0.39, 0.29) is 24.5 Å². The minimum atomic E-state index is -0.597. The van der Waals surface area contributed by atoms with E-state index >= 15 is 0 Å². The maximum Gasteiger partial charge on any atom is 0.344 e. The molecule has 128 valence electrons. The number of amides is 1. The van der Waals surface area contributed by atoms with Crippen molar-refractivity contribution in [2.24, 2.45) is 0 Å². The second kappa shape index (κ2) is 7.77. The predicted octanol–water partition coefficient (Wildman–Crippen LogP) is 3.14. The highest BCUT2D eigenvalue weighted by Gasteiger charge is 2.24. The molecule has 2 aromatic rings. The molecule has 1 heterocycles. The first kappa shape index (κ1) is 17.7. The molecular formula is C18H22N2O4. The number of rotatable bonds is 6. The first-order valence-electron chi connectivity index (χ1n) is 7.87. The Morgan fingerprint density at radius 2 is 1.88 bits per heavy atom. The van der Waals surface area contributed by atoms with Gasteiger partial charge >= 0.3 is 5.97 Å². The van der Waals surface area contributed by atoms with E-state index in [9.17, 15) is 9.59 Å². The van der Waals surface area contributed by atoms with E-state index in [1.165, 1.54) is 0 Å². The standard InChI is InChI=1S/C18H22N2O4/c1-11(2)17-16(13(4)20-24-17)18(22)23-10-15(21)19-12(3)14-8-6-5-7-9-14/h5-9,11-12H,10H2,1-4H3,(H,19,21)/t12-/m0/s1. The maximum absolute atomic E-state index is 12.2. The molecule has 0 aliphatic heterocycles. The van der Waals surface area contributed by atoms with Crippen LogP contribution in [0.5, 0.6) is 0 Å². The molecule has 0 unspecified atom stereocenters. The molecule has 0 aliphatic carbocycles. The van der Waals surface area contributed by atoms with Crippen LogP contribution in [0.25, 0.3) is 0 Å². The molecule has 0 spiro atoms. The van der Waals surface area contributed by atoms with Crippen LogP contribution >= 0.6 is 0 Å². The summed E-state index contributed by atoms with van der Waals surface area (Å²) in [6, 6.07) is 9.40. The fraction of sp³-hybridized carbons (Fsp3) is 0.389. The van der Waals surface area contributed by atoms with Crippen molar-refractivity contribution < 1.29 is 18.8 Å². The summed E-state index contributed by atoms with van der Waals surface area (Å²) in [5.41, 5.74) is 1.74. The molecule has 24 heavy (non-hydrogen) atoms. The Morgan fingerprint density at radius 3 is 2.50 bits per heavy atom. The van der Waals surface area contributed by atoms with E-state index < -0.39 is 5.97 Å². The minimum Gasteiger partial charge on any atom is -0.452 e. The van der Waals surface area contributed by atoms with Gasteiger partial charge in [0, 0.05) is 5.92 Å². The Labute approximate surface area is 141 Å². The molecule has 6 heteroatoms. The van der Waals surface area contributed by atoms with Gasteiger partial charge in [0.15, 0.2) is 12.4 Å². The average Bonchev–Trinajstić information content (AvgIpc) is 2.95. The van der Waals surface area contributed by atoms with E-state index in [0.29, 0.717) is 17.0 Å². The molecule has 0 fully saturated rings. The number of hydrogen-bond acceptors (Lipinski definition) is 5. The molecule has 0 radical (unpaired) electrons. The molecule has 2 rings (SSSR count). The van der Waals surface area contributed by atoms with Crippen LogP contribution in [-0.2, 0) is 9.53 Å². The maximum atomic E-state index is 12.2. The van der Waals surface area contributed by atoms with Crippen LogP contribution in [0.2, 0.25) is 0 Å². The Bertz CT molecular complexity index is 707. The zero-order valence-electron chi connectivity index (χ0n) is 14.3. The number of aromatic nitrogens is 1. The summed E-state index contributed by atoms with van der Waals surface area (Å²) in [6.45, 7) is 6.98. The van der Waals surface area contributed by atoms with Gasteiger partial charge in [0.05, 0.1) is 11.7 Å². The van der Waals surface area contributed by atoms with E-state index in [4.69, 9.17) is 9.26 Å². The van der Waals surface area contributed by atoms with E-state index in [1.807, 2.05) is 51.1 Å². The van der Waals surface area contributed by atoms with Crippen molar-refractivity contribution in [1.29, 1.82) is 0 Å². The Kier molecular flexibility index (Phi) is 5.73. The number of benzene rings is 1. The van der Waals surface area contributed by atoms with Crippen LogP contribution in [0.1, 0.15) is 60.1 Å². The number of nitrogens with one attached hydrogen (secondary N) is 1. The van der Waals surface area contributed by atoms with E-state index in [0.717, 1.165) is 5.56 Å². The number of esters is 1. The predicted molar refractivity (Wildman–Crippen MR) is 88.6 cm³/mol. The van der Waals surface area contributed by atoms with Gasteiger partial charge in [-0.1, -0.05) is 49.3 Å². The van der Waals surface area contributed by atoms with Gasteiger partial charge in [-0.05, 0) is 19.4 Å². The van der Waals surface area contributed by atoms with Crippen LogP contribution in [0.3, 0.4) is 0 Å². The van der Waals surface area contributed by atoms with Gasteiger partial charge in [0.1, 0.15) is 5.56 Å². The second-order valence-electron chi connectivity index (χ2n) is 5.94. The van der Waals surface area contributed by atoms with Crippen molar-refractivity contribution in [3.63, 3.8) is 0 Å². The lowest BCUT2D eigenvalue weighted by molar-refractivity contribution is -0.124. The second-order valence-corrected chi connectivity index (χ2v) is 5.94. The van der Waals surface area contributed by atoms with Gasteiger partial charge in [0.2, 0.25) is 0 Å². The van der Waals surface area contributed by atoms with E-state index in [1.54, 1.807) is 6.92 Å². The van der Waals surface area contributed by atoms with Crippen molar-refractivity contribution in [2.45, 2.75) is 39.7 Å². The van der Waals surface area contributed by atoms with Gasteiger partial charge in [-0.25, -0.2) is 4.79 Å². The van der Waals surface area contributed by atoms with Crippen LogP contribution in [0.4, 0.5) is 0 Å². The molecule has 0 saturated heterocycles. The fourth-order valence-electron chi connectivity index (χ4n) is 2.34. The normalized spacial score (nSPS) is 12.0. The first-order chi connectivity index (χ1) is 11.4. The Balaban J connectivity index is 1.92. The van der Waals surface area contributed by atoms with Gasteiger partial charge < -0.3 is 14.6 Å². The Hall–Kier alpha value is -2.63. The van der Waals surface area contributed by atoms with Crippen molar-refractivity contribution >= 4 is 11.9 Å². The summed E-state index contributed by atoms with van der Waals surface area (Å²) >= 11 is 0. The lowest BCUT2D eigenvalue weighted by atomic mass is 10.1. The molecule has 1 N–H and O–H groups in total. The molecule has 0 saturated carbocycles. The van der Waals surface area contributed by atoms with Gasteiger partial charge in [-0.15, -0.1) is 0 Å². The molecular weight excluding hydrogens is 308 g/mol. The molecule has 1 aromatic carbocycles. The zero-order valence-corrected chi connectivity index (χ0v) is 14.3. The van der Waals surface area contributed by atoms with Gasteiger partial charge in [-0.2, -0.15) is 0 Å². The largest absolute Gasteiger partial charge is 0.452 e. The van der Waals surface area contributed by atoms with Crippen molar-refractivity contribution in [3.05, 3.63) is 52.9 Å². The lowest BCUT2D eigenvalue weighted by Gasteiger charge is -2.14. The number of carbonyl (C=O) groups is 2. The smallest absolute Gasteiger partial charge is 0.344 e. The molecule has 1 amide bonds. The third kappa shape index (κ3) is 4.22. The molecule has 1 aromatic heterocycles. The average molecular weight is 330 g/mol. The van der Waals surface area contributed by atoms with E-state index in [2.05, 4.69) is 10.5 Å². The molecule has 6 nitrogen and oxygen atoms in total. The summed E-state index contributed by atoms with van der Waals surface area (Å²) in [4.78, 5) is 24.2. The third-order valence-corrected chi connectivity index (χ3v) is 3.63. The lowest BCUT2D eigenvalue weighted by Crippen LogP contribution is -2.31.